The van der Waals surface area contributed by atoms with Gasteiger partial charge in [-0.15, -0.1) is 0 Å². The van der Waals surface area contributed by atoms with Gasteiger partial charge in [0.15, 0.2) is 9.84 Å². The number of nitrogens with two attached hydrogens (primary N) is 1. The van der Waals surface area contributed by atoms with Crippen LogP contribution in [0.15, 0.2) is 23.1 Å². The molecule has 102 valence electrons. The molecule has 2 N–H and O–H groups in total. The zero-order valence-corrected chi connectivity index (χ0v) is 11.4. The molecule has 0 unspecified atom stereocenters. The molecule has 1 rings (SSSR count). The van der Waals surface area contributed by atoms with Gasteiger partial charge in [0.25, 0.3) is 0 Å². The summed E-state index contributed by atoms with van der Waals surface area (Å²) in [5.74, 6) is -1.58. The molecule has 0 spiro atoms. The van der Waals surface area contributed by atoms with Crippen LogP contribution in [-0.4, -0.2) is 34.6 Å². The minimum absolute atomic E-state index is 0.0645. The summed E-state index contributed by atoms with van der Waals surface area (Å²) < 4.78 is 58.7. The second kappa shape index (κ2) is 5.23. The van der Waals surface area contributed by atoms with E-state index in [9.17, 15) is 21.2 Å². The summed E-state index contributed by atoms with van der Waals surface area (Å²) in [6.07, 6.45) is 0.953. The molecule has 0 saturated carbocycles. The minimum Gasteiger partial charge on any atom is -0.399 e. The van der Waals surface area contributed by atoms with Crippen molar-refractivity contribution in [3.8, 4) is 0 Å². The van der Waals surface area contributed by atoms with Crippen LogP contribution in [0.3, 0.4) is 0 Å². The van der Waals surface area contributed by atoms with Crippen LogP contribution in [0, 0.1) is 5.82 Å². The highest BCUT2D eigenvalue weighted by Crippen LogP contribution is 2.19. The fraction of sp³-hybridized carbons (Fsp3) is 0.400. The number of nitrogen functional groups attached to an aromatic ring is 1. The Morgan fingerprint density at radius 3 is 2.28 bits per heavy atom. The lowest BCUT2D eigenvalue weighted by atomic mass is 10.3. The average molecular weight is 295 g/mol. The van der Waals surface area contributed by atoms with Gasteiger partial charge in [0, 0.05) is 11.9 Å². The SMILES string of the molecule is CS(=O)(=O)CCCS(=O)(=O)c1ccc(N)cc1F. The third-order valence-electron chi connectivity index (χ3n) is 2.22. The van der Waals surface area contributed by atoms with E-state index >= 15 is 0 Å². The molecule has 18 heavy (non-hydrogen) atoms. The lowest BCUT2D eigenvalue weighted by Crippen LogP contribution is -2.13. The van der Waals surface area contributed by atoms with Gasteiger partial charge in [0.2, 0.25) is 0 Å². The topological polar surface area (TPSA) is 94.3 Å². The Balaban J connectivity index is 2.87. The fourth-order valence-corrected chi connectivity index (χ4v) is 3.62. The van der Waals surface area contributed by atoms with Crippen molar-refractivity contribution in [1.82, 2.24) is 0 Å². The third-order valence-corrected chi connectivity index (χ3v) is 5.08. The zero-order chi connectivity index (χ0) is 14.0. The van der Waals surface area contributed by atoms with Crippen molar-refractivity contribution in [3.63, 3.8) is 0 Å². The molecule has 1 aromatic rings. The van der Waals surface area contributed by atoms with Crippen LogP contribution in [0.4, 0.5) is 10.1 Å². The van der Waals surface area contributed by atoms with E-state index in [4.69, 9.17) is 5.73 Å². The van der Waals surface area contributed by atoms with E-state index in [1.807, 2.05) is 0 Å². The predicted molar refractivity (Wildman–Crippen MR) is 67.2 cm³/mol. The summed E-state index contributed by atoms with van der Waals surface area (Å²) in [5, 5.41) is 0. The van der Waals surface area contributed by atoms with Crippen molar-refractivity contribution in [2.45, 2.75) is 11.3 Å². The average Bonchev–Trinajstić information content (AvgIpc) is 2.13. The molecule has 0 fully saturated rings. The first-order chi connectivity index (χ1) is 8.12. The molecule has 0 aliphatic carbocycles. The molecule has 0 aliphatic heterocycles. The Morgan fingerprint density at radius 2 is 1.78 bits per heavy atom. The molecule has 0 radical (unpaired) electrons. The smallest absolute Gasteiger partial charge is 0.181 e. The summed E-state index contributed by atoms with van der Waals surface area (Å²) in [6, 6.07) is 3.29. The molecule has 0 amide bonds. The summed E-state index contributed by atoms with van der Waals surface area (Å²) in [4.78, 5) is -0.454. The second-order valence-corrected chi connectivity index (χ2v) is 8.33. The summed E-state index contributed by atoms with van der Waals surface area (Å²) in [5.41, 5.74) is 5.44. The van der Waals surface area contributed by atoms with Crippen molar-refractivity contribution >= 4 is 25.4 Å². The van der Waals surface area contributed by atoms with Gasteiger partial charge >= 0.3 is 0 Å². The molecular weight excluding hydrogens is 281 g/mol. The first-order valence-electron chi connectivity index (χ1n) is 5.07. The third kappa shape index (κ3) is 4.26. The lowest BCUT2D eigenvalue weighted by Gasteiger charge is -2.06. The van der Waals surface area contributed by atoms with Gasteiger partial charge < -0.3 is 5.73 Å². The Kier molecular flexibility index (Phi) is 4.33. The second-order valence-electron chi connectivity index (χ2n) is 3.99. The number of sulfone groups is 2. The zero-order valence-electron chi connectivity index (χ0n) is 9.76. The predicted octanol–water partition coefficient (Wildman–Crippen LogP) is 0.616. The van der Waals surface area contributed by atoms with Crippen LogP contribution in [0.2, 0.25) is 0 Å². The monoisotopic (exact) mass is 295 g/mol. The van der Waals surface area contributed by atoms with Gasteiger partial charge in [-0.1, -0.05) is 0 Å². The maximum atomic E-state index is 13.4. The van der Waals surface area contributed by atoms with Gasteiger partial charge in [-0.25, -0.2) is 21.2 Å². The number of rotatable bonds is 5. The lowest BCUT2D eigenvalue weighted by molar-refractivity contribution is 0.566. The van der Waals surface area contributed by atoms with Crippen molar-refractivity contribution in [2.75, 3.05) is 23.5 Å². The summed E-state index contributed by atoms with van der Waals surface area (Å²) >= 11 is 0. The van der Waals surface area contributed by atoms with E-state index in [0.717, 1.165) is 18.4 Å². The van der Waals surface area contributed by atoms with Crippen LogP contribution in [0.5, 0.6) is 0 Å². The molecular formula is C10H14FNO4S2. The minimum atomic E-state index is -3.83. The van der Waals surface area contributed by atoms with Crippen LogP contribution >= 0.6 is 0 Å². The van der Waals surface area contributed by atoms with Gasteiger partial charge in [-0.2, -0.15) is 0 Å². The Morgan fingerprint density at radius 1 is 1.17 bits per heavy atom. The maximum absolute atomic E-state index is 13.4. The fourth-order valence-electron chi connectivity index (χ4n) is 1.39. The van der Waals surface area contributed by atoms with Gasteiger partial charge in [0.1, 0.15) is 20.5 Å². The number of benzene rings is 1. The van der Waals surface area contributed by atoms with Gasteiger partial charge in [-0.05, 0) is 24.6 Å². The van der Waals surface area contributed by atoms with Gasteiger partial charge in [0.05, 0.1) is 11.5 Å². The highest BCUT2D eigenvalue weighted by molar-refractivity contribution is 7.92. The van der Waals surface area contributed by atoms with Crippen molar-refractivity contribution in [3.05, 3.63) is 24.0 Å². The first kappa shape index (κ1) is 14.9. The highest BCUT2D eigenvalue weighted by Gasteiger charge is 2.19. The molecule has 0 aromatic heterocycles. The summed E-state index contributed by atoms with van der Waals surface area (Å²) in [6.45, 7) is 0. The van der Waals surface area contributed by atoms with E-state index in [-0.39, 0.29) is 17.9 Å². The van der Waals surface area contributed by atoms with E-state index in [1.165, 1.54) is 6.07 Å². The van der Waals surface area contributed by atoms with E-state index in [2.05, 4.69) is 0 Å². The normalized spacial score (nSPS) is 12.6. The molecule has 8 heteroatoms. The molecule has 0 bridgehead atoms. The van der Waals surface area contributed by atoms with Crippen LogP contribution in [0.1, 0.15) is 6.42 Å². The Hall–Kier alpha value is -1.15. The quantitative estimate of drug-likeness (QED) is 0.803. The van der Waals surface area contributed by atoms with Crippen LogP contribution in [0.25, 0.3) is 0 Å². The van der Waals surface area contributed by atoms with Crippen molar-refractivity contribution in [1.29, 1.82) is 0 Å². The summed E-state index contributed by atoms with van der Waals surface area (Å²) in [7, 11) is -7.05. The molecule has 1 aromatic carbocycles. The molecule has 5 nitrogen and oxygen atoms in total. The first-order valence-corrected chi connectivity index (χ1v) is 8.78. The van der Waals surface area contributed by atoms with Crippen LogP contribution in [-0.2, 0) is 19.7 Å². The number of hydrogen-bond acceptors (Lipinski definition) is 5. The van der Waals surface area contributed by atoms with E-state index < -0.39 is 36.1 Å². The van der Waals surface area contributed by atoms with Crippen LogP contribution < -0.4 is 5.73 Å². The highest BCUT2D eigenvalue weighted by atomic mass is 32.2. The van der Waals surface area contributed by atoms with E-state index in [1.54, 1.807) is 0 Å². The standard InChI is InChI=1S/C10H14FNO4S2/c1-17(13,14)5-2-6-18(15,16)10-4-3-8(12)7-9(10)11/h3-4,7H,2,5-6,12H2,1H3. The number of hydrogen-bond donors (Lipinski definition) is 1. The number of halogens is 1. The molecule has 0 heterocycles. The largest absolute Gasteiger partial charge is 0.399 e. The molecule has 0 saturated heterocycles. The Labute approximate surface area is 106 Å². The maximum Gasteiger partial charge on any atom is 0.181 e. The Bertz CT molecular complexity index is 638. The number of anilines is 1. The molecule has 0 aliphatic rings. The van der Waals surface area contributed by atoms with E-state index in [0.29, 0.717) is 0 Å². The molecule has 0 atom stereocenters. The van der Waals surface area contributed by atoms with Crippen molar-refractivity contribution in [2.24, 2.45) is 0 Å². The van der Waals surface area contributed by atoms with Crippen molar-refractivity contribution < 1.29 is 21.2 Å². The van der Waals surface area contributed by atoms with Gasteiger partial charge in [-0.3, -0.25) is 0 Å².